The Labute approximate surface area is 302 Å². The highest BCUT2D eigenvalue weighted by Crippen LogP contribution is 2.55. The van der Waals surface area contributed by atoms with Crippen LogP contribution < -0.4 is 9.80 Å². The summed E-state index contributed by atoms with van der Waals surface area (Å²) in [5.41, 5.74) is 7.21. The fourth-order valence-electron chi connectivity index (χ4n) is 10.4. The maximum atomic E-state index is 15.0. The van der Waals surface area contributed by atoms with E-state index in [2.05, 4.69) is 112 Å². The maximum Gasteiger partial charge on any atom is 0.168 e. The van der Waals surface area contributed by atoms with Gasteiger partial charge in [-0.15, -0.1) is 0 Å². The molecular formula is C45H62N2O3. The Morgan fingerprint density at radius 1 is 0.680 bits per heavy atom. The smallest absolute Gasteiger partial charge is 0.168 e. The number of nitrogens with zero attached hydrogens (tertiary/aromatic N) is 2. The number of benzene rings is 2. The lowest BCUT2D eigenvalue weighted by molar-refractivity contribution is -0.132. The molecule has 3 saturated carbocycles. The number of aliphatic hydroxyl groups is 1. The van der Waals surface area contributed by atoms with Crippen LogP contribution in [0.2, 0.25) is 0 Å². The predicted molar refractivity (Wildman–Crippen MR) is 206 cm³/mol. The summed E-state index contributed by atoms with van der Waals surface area (Å²) in [7, 11) is 0. The molecule has 0 radical (unpaired) electrons. The zero-order valence-corrected chi connectivity index (χ0v) is 31.8. The zero-order chi connectivity index (χ0) is 35.4. The van der Waals surface area contributed by atoms with Crippen LogP contribution in [-0.2, 0) is 9.53 Å². The summed E-state index contributed by atoms with van der Waals surface area (Å²) in [5, 5.41) is 12.8. The molecule has 0 amide bonds. The van der Waals surface area contributed by atoms with Crippen molar-refractivity contribution in [3.63, 3.8) is 0 Å². The SMILES string of the molecule is CCOC1C(=O)C(C2C=C(C(C)(C)C)N(C3CCCCC3)c3ccccc32)C(O)C1C1C=C(C(C)(C)C)N(C2CCCCC2)c2ccccc21. The van der Waals surface area contributed by atoms with Crippen molar-refractivity contribution in [3.8, 4) is 0 Å². The molecule has 3 fully saturated rings. The van der Waals surface area contributed by atoms with Gasteiger partial charge < -0.3 is 19.6 Å². The lowest BCUT2D eigenvalue weighted by Crippen LogP contribution is -2.45. The van der Waals surface area contributed by atoms with E-state index in [1.165, 1.54) is 92.5 Å². The van der Waals surface area contributed by atoms with E-state index in [0.29, 0.717) is 18.7 Å². The van der Waals surface area contributed by atoms with Crippen LogP contribution in [0.4, 0.5) is 11.4 Å². The highest BCUT2D eigenvalue weighted by atomic mass is 16.5. The number of Topliss-reactive ketones (excluding diaryl/α,β-unsaturated/α-hetero) is 1. The van der Waals surface area contributed by atoms with Crippen LogP contribution in [0.1, 0.15) is 136 Å². The van der Waals surface area contributed by atoms with Gasteiger partial charge in [-0.25, -0.2) is 0 Å². The van der Waals surface area contributed by atoms with Gasteiger partial charge in [0.05, 0.1) is 12.0 Å². The molecule has 0 aromatic heterocycles. The number of ether oxygens (including phenoxy) is 1. The number of fused-ring (bicyclic) bond motifs is 2. The summed E-state index contributed by atoms with van der Waals surface area (Å²) in [5.74, 6) is -1.27. The van der Waals surface area contributed by atoms with Gasteiger partial charge in [0.25, 0.3) is 0 Å². The first kappa shape index (κ1) is 35.5. The molecule has 3 aliphatic carbocycles. The summed E-state index contributed by atoms with van der Waals surface area (Å²) >= 11 is 0. The molecule has 5 aliphatic rings. The van der Waals surface area contributed by atoms with Crippen LogP contribution in [0, 0.1) is 22.7 Å². The van der Waals surface area contributed by atoms with E-state index in [-0.39, 0.29) is 34.4 Å². The minimum Gasteiger partial charge on any atom is -0.392 e. The molecule has 1 N–H and O–H groups in total. The van der Waals surface area contributed by atoms with E-state index < -0.39 is 18.1 Å². The fourth-order valence-corrected chi connectivity index (χ4v) is 10.4. The number of rotatable bonds is 6. The third-order valence-corrected chi connectivity index (χ3v) is 12.6. The number of aliphatic hydroxyl groups excluding tert-OH is 1. The summed E-state index contributed by atoms with van der Waals surface area (Å²) in [4.78, 5) is 20.2. The van der Waals surface area contributed by atoms with Crippen molar-refractivity contribution in [2.75, 3.05) is 16.4 Å². The van der Waals surface area contributed by atoms with Crippen LogP contribution in [0.3, 0.4) is 0 Å². The molecule has 2 aromatic carbocycles. The minimum absolute atomic E-state index is 0.0534. The van der Waals surface area contributed by atoms with Gasteiger partial charge in [0, 0.05) is 70.0 Å². The Hall–Kier alpha value is -2.89. The second kappa shape index (κ2) is 13.9. The Morgan fingerprint density at radius 3 is 1.58 bits per heavy atom. The lowest BCUT2D eigenvalue weighted by Gasteiger charge is -2.48. The average molecular weight is 679 g/mol. The standard InChI is InChI=1S/C45H62N2O3/c1-8-50-43-40(34-28-38(45(5,6)7)47(30-21-13-10-14-22-30)36-26-18-16-24-32(34)36)41(48)39(42(43)49)33-27-37(44(2,3)4)46(29-19-11-9-12-20-29)35-25-17-15-23-31(33)35/h15-18,23-30,33-34,39-41,43,48H,8-14,19-22H2,1-7H3. The van der Waals surface area contributed by atoms with Crippen molar-refractivity contribution in [2.45, 2.75) is 149 Å². The van der Waals surface area contributed by atoms with Crippen LogP contribution >= 0.6 is 0 Å². The molecular weight excluding hydrogens is 617 g/mol. The van der Waals surface area contributed by atoms with Crippen LogP contribution in [0.15, 0.2) is 72.1 Å². The van der Waals surface area contributed by atoms with E-state index in [1.54, 1.807) is 0 Å². The second-order valence-corrected chi connectivity index (χ2v) is 18.0. The molecule has 2 aliphatic heterocycles. The molecule has 0 spiro atoms. The largest absolute Gasteiger partial charge is 0.392 e. The van der Waals surface area contributed by atoms with Gasteiger partial charge >= 0.3 is 0 Å². The van der Waals surface area contributed by atoms with Gasteiger partial charge in [0.15, 0.2) is 5.78 Å². The number of carbonyl (C=O) groups is 1. The van der Waals surface area contributed by atoms with Crippen molar-refractivity contribution < 1.29 is 14.6 Å². The van der Waals surface area contributed by atoms with E-state index in [1.807, 2.05) is 6.92 Å². The lowest BCUT2D eigenvalue weighted by atomic mass is 9.72. The molecule has 50 heavy (non-hydrogen) atoms. The first-order valence-corrected chi connectivity index (χ1v) is 20.0. The Bertz CT molecular complexity index is 1600. The normalized spacial score (nSPS) is 29.8. The summed E-state index contributed by atoms with van der Waals surface area (Å²) in [6, 6.07) is 18.5. The number of allylic oxidation sites excluding steroid dienone is 4. The van der Waals surface area contributed by atoms with Crippen molar-refractivity contribution in [3.05, 3.63) is 83.2 Å². The maximum absolute atomic E-state index is 15.0. The average Bonchev–Trinajstić information content (AvgIpc) is 3.34. The molecule has 5 heteroatoms. The highest BCUT2D eigenvalue weighted by Gasteiger charge is 2.57. The van der Waals surface area contributed by atoms with Crippen LogP contribution in [0.25, 0.3) is 0 Å². The third-order valence-electron chi connectivity index (χ3n) is 12.6. The van der Waals surface area contributed by atoms with Gasteiger partial charge in [-0.05, 0) is 55.9 Å². The zero-order valence-electron chi connectivity index (χ0n) is 31.8. The number of ketones is 1. The topological polar surface area (TPSA) is 53.0 Å². The molecule has 0 bridgehead atoms. The third kappa shape index (κ3) is 6.29. The van der Waals surface area contributed by atoms with Gasteiger partial charge in [0.1, 0.15) is 6.10 Å². The first-order valence-electron chi connectivity index (χ1n) is 20.0. The van der Waals surface area contributed by atoms with Crippen molar-refractivity contribution in [1.82, 2.24) is 0 Å². The Balaban J connectivity index is 1.34. The molecule has 6 unspecified atom stereocenters. The van der Waals surface area contributed by atoms with Gasteiger partial charge in [0.2, 0.25) is 0 Å². The van der Waals surface area contributed by atoms with Gasteiger partial charge in [-0.3, -0.25) is 4.79 Å². The van der Waals surface area contributed by atoms with Crippen LogP contribution in [0.5, 0.6) is 0 Å². The Morgan fingerprint density at radius 2 is 1.12 bits per heavy atom. The monoisotopic (exact) mass is 678 g/mol. The molecule has 6 atom stereocenters. The number of para-hydroxylation sites is 2. The number of hydrogen-bond acceptors (Lipinski definition) is 5. The van der Waals surface area contributed by atoms with Crippen molar-refractivity contribution in [1.29, 1.82) is 0 Å². The summed E-state index contributed by atoms with van der Waals surface area (Å²) in [6.07, 6.45) is 15.7. The summed E-state index contributed by atoms with van der Waals surface area (Å²) < 4.78 is 6.47. The number of hydrogen-bond donors (Lipinski definition) is 1. The molecule has 2 aromatic rings. The first-order chi connectivity index (χ1) is 23.9. The minimum atomic E-state index is -0.854. The van der Waals surface area contributed by atoms with E-state index in [0.717, 1.165) is 5.56 Å². The van der Waals surface area contributed by atoms with E-state index in [9.17, 15) is 9.90 Å². The highest BCUT2D eigenvalue weighted by molar-refractivity contribution is 5.91. The second-order valence-electron chi connectivity index (χ2n) is 18.0. The van der Waals surface area contributed by atoms with Crippen molar-refractivity contribution >= 4 is 17.2 Å². The van der Waals surface area contributed by atoms with Gasteiger partial charge in [-0.1, -0.05) is 129 Å². The van der Waals surface area contributed by atoms with Crippen LogP contribution in [-0.4, -0.2) is 41.8 Å². The van der Waals surface area contributed by atoms with E-state index >= 15 is 0 Å². The molecule has 5 nitrogen and oxygen atoms in total. The molecule has 0 saturated heterocycles. The number of carbonyl (C=O) groups excluding carboxylic acids is 1. The van der Waals surface area contributed by atoms with Gasteiger partial charge in [-0.2, -0.15) is 0 Å². The fraction of sp³-hybridized carbons (Fsp3) is 0.622. The van der Waals surface area contributed by atoms with Crippen molar-refractivity contribution in [2.24, 2.45) is 22.7 Å². The molecule has 7 rings (SSSR count). The molecule has 2 heterocycles. The quantitative estimate of drug-likeness (QED) is 0.330. The Kier molecular flexibility index (Phi) is 9.88. The molecule has 270 valence electrons. The number of anilines is 2. The predicted octanol–water partition coefficient (Wildman–Crippen LogP) is 10.3. The summed E-state index contributed by atoms with van der Waals surface area (Å²) in [6.45, 7) is 16.3. The van der Waals surface area contributed by atoms with E-state index in [4.69, 9.17) is 4.74 Å².